The zero-order valence-corrected chi connectivity index (χ0v) is 15.6. The second kappa shape index (κ2) is 7.75. The molecule has 0 saturated heterocycles. The molecule has 26 heavy (non-hydrogen) atoms. The summed E-state index contributed by atoms with van der Waals surface area (Å²) in [6.45, 7) is 5.15. The number of anilines is 1. The lowest BCUT2D eigenvalue weighted by Crippen LogP contribution is -2.15. The summed E-state index contributed by atoms with van der Waals surface area (Å²) in [5.41, 5.74) is 0.661. The van der Waals surface area contributed by atoms with E-state index < -0.39 is 5.97 Å². The van der Waals surface area contributed by atoms with Gasteiger partial charge in [-0.05, 0) is 25.8 Å². The van der Waals surface area contributed by atoms with Crippen LogP contribution in [0, 0.1) is 6.92 Å². The highest BCUT2D eigenvalue weighted by Crippen LogP contribution is 2.34. The Kier molecular flexibility index (Phi) is 5.43. The van der Waals surface area contributed by atoms with Crippen LogP contribution >= 0.6 is 11.3 Å². The number of fused-ring (bicyclic) bond motifs is 1. The maximum atomic E-state index is 11.4. The van der Waals surface area contributed by atoms with Gasteiger partial charge in [0.05, 0.1) is 11.4 Å². The first-order chi connectivity index (χ1) is 12.5. The predicted molar refractivity (Wildman–Crippen MR) is 97.7 cm³/mol. The van der Waals surface area contributed by atoms with Crippen LogP contribution in [0.25, 0.3) is 10.2 Å². The molecule has 3 rings (SSSR count). The molecule has 2 N–H and O–H groups in total. The number of carbonyl (C=O) groups is 1. The van der Waals surface area contributed by atoms with Gasteiger partial charge in [-0.3, -0.25) is 0 Å². The summed E-state index contributed by atoms with van der Waals surface area (Å²) in [6, 6.07) is -0.161. The smallest absolute Gasteiger partial charge is 0.346 e. The first kappa shape index (κ1) is 18.2. The van der Waals surface area contributed by atoms with Crippen molar-refractivity contribution in [3.63, 3.8) is 0 Å². The van der Waals surface area contributed by atoms with Gasteiger partial charge in [0.15, 0.2) is 5.82 Å². The molecular formula is C16H20N6O3S. The average Bonchev–Trinajstić information content (AvgIpc) is 3.20. The van der Waals surface area contributed by atoms with Crippen LogP contribution in [0.5, 0.6) is 0 Å². The zero-order chi connectivity index (χ0) is 18.7. The highest BCUT2D eigenvalue weighted by atomic mass is 32.1. The zero-order valence-electron chi connectivity index (χ0n) is 14.8. The number of aryl methyl sites for hydroxylation is 2. The third kappa shape index (κ3) is 3.51. The van der Waals surface area contributed by atoms with Crippen molar-refractivity contribution in [2.24, 2.45) is 0 Å². The fourth-order valence-electron chi connectivity index (χ4n) is 2.81. The Morgan fingerprint density at radius 3 is 3.00 bits per heavy atom. The predicted octanol–water partition coefficient (Wildman–Crippen LogP) is 2.50. The van der Waals surface area contributed by atoms with Crippen molar-refractivity contribution in [2.45, 2.75) is 32.9 Å². The van der Waals surface area contributed by atoms with Gasteiger partial charge in [0.1, 0.15) is 28.2 Å². The highest BCUT2D eigenvalue weighted by molar-refractivity contribution is 7.20. The van der Waals surface area contributed by atoms with E-state index in [1.807, 2.05) is 11.5 Å². The van der Waals surface area contributed by atoms with Gasteiger partial charge in [-0.25, -0.2) is 14.8 Å². The van der Waals surface area contributed by atoms with Crippen LogP contribution in [0.2, 0.25) is 0 Å². The maximum Gasteiger partial charge on any atom is 0.346 e. The number of carboxylic acid groups (broad SMARTS) is 1. The number of aromatic carboxylic acids is 1. The van der Waals surface area contributed by atoms with Crippen molar-refractivity contribution in [1.29, 1.82) is 0 Å². The van der Waals surface area contributed by atoms with Crippen LogP contribution in [0.1, 0.15) is 40.4 Å². The molecule has 0 aliphatic carbocycles. The first-order valence-electron chi connectivity index (χ1n) is 8.13. The Hall–Kier alpha value is -2.59. The summed E-state index contributed by atoms with van der Waals surface area (Å²) in [4.78, 5) is 20.8. The number of thiophene rings is 1. The van der Waals surface area contributed by atoms with Gasteiger partial charge in [-0.15, -0.1) is 21.5 Å². The Morgan fingerprint density at radius 1 is 1.46 bits per heavy atom. The number of ether oxygens (including phenoxy) is 1. The van der Waals surface area contributed by atoms with Gasteiger partial charge in [0.2, 0.25) is 0 Å². The molecule has 0 aromatic carbocycles. The monoisotopic (exact) mass is 376 g/mol. The van der Waals surface area contributed by atoms with Crippen LogP contribution in [-0.4, -0.2) is 49.5 Å². The summed E-state index contributed by atoms with van der Waals surface area (Å²) in [7, 11) is 1.67. The second-order valence-electron chi connectivity index (χ2n) is 5.86. The van der Waals surface area contributed by atoms with Crippen molar-refractivity contribution in [3.8, 4) is 0 Å². The number of methoxy groups -OCH3 is 1. The number of hydrogen-bond acceptors (Lipinski definition) is 8. The third-order valence-electron chi connectivity index (χ3n) is 4.05. The topological polar surface area (TPSA) is 115 Å². The minimum atomic E-state index is -0.956. The summed E-state index contributed by atoms with van der Waals surface area (Å²) in [5, 5.41) is 21.6. The van der Waals surface area contributed by atoms with E-state index in [2.05, 4.69) is 25.5 Å². The lowest BCUT2D eigenvalue weighted by Gasteiger charge is -2.16. The minimum Gasteiger partial charge on any atom is -0.477 e. The molecule has 0 saturated carbocycles. The molecule has 3 aromatic rings. The van der Waals surface area contributed by atoms with Gasteiger partial charge in [0.25, 0.3) is 0 Å². The van der Waals surface area contributed by atoms with E-state index in [0.29, 0.717) is 22.8 Å². The molecule has 0 radical (unpaired) electrons. The number of hydrogen-bond donors (Lipinski definition) is 2. The number of aromatic nitrogens is 5. The summed E-state index contributed by atoms with van der Waals surface area (Å²) in [5.74, 6) is 0.414. The van der Waals surface area contributed by atoms with E-state index in [1.54, 1.807) is 20.4 Å². The normalized spacial score (nSPS) is 12.4. The minimum absolute atomic E-state index is 0.161. The molecule has 0 aliphatic heterocycles. The molecule has 3 aromatic heterocycles. The van der Waals surface area contributed by atoms with E-state index in [9.17, 15) is 9.90 Å². The van der Waals surface area contributed by atoms with E-state index in [1.165, 1.54) is 6.33 Å². The molecular weight excluding hydrogens is 356 g/mol. The van der Waals surface area contributed by atoms with Gasteiger partial charge in [-0.1, -0.05) is 0 Å². The van der Waals surface area contributed by atoms with Crippen LogP contribution in [-0.2, 0) is 11.3 Å². The summed E-state index contributed by atoms with van der Waals surface area (Å²) in [6.07, 6.45) is 3.98. The lowest BCUT2D eigenvalue weighted by molar-refractivity contribution is 0.0701. The lowest BCUT2D eigenvalue weighted by atomic mass is 10.2. The largest absolute Gasteiger partial charge is 0.477 e. The van der Waals surface area contributed by atoms with Crippen molar-refractivity contribution < 1.29 is 14.6 Å². The van der Waals surface area contributed by atoms with Gasteiger partial charge >= 0.3 is 5.97 Å². The molecule has 3 heterocycles. The quantitative estimate of drug-likeness (QED) is 0.576. The molecule has 1 unspecified atom stereocenters. The molecule has 1 atom stereocenters. The molecule has 0 bridgehead atoms. The van der Waals surface area contributed by atoms with E-state index >= 15 is 0 Å². The van der Waals surface area contributed by atoms with E-state index in [4.69, 9.17) is 4.74 Å². The summed E-state index contributed by atoms with van der Waals surface area (Å²) < 4.78 is 7.06. The number of nitrogens with zero attached hydrogens (tertiary/aromatic N) is 5. The van der Waals surface area contributed by atoms with Crippen LogP contribution < -0.4 is 5.32 Å². The maximum absolute atomic E-state index is 11.4. The SMILES string of the molecule is COCCCn1cnnc1C(C)Nc1ncnc2sc(C(=O)O)c(C)c12. The van der Waals surface area contributed by atoms with E-state index in [0.717, 1.165) is 35.5 Å². The van der Waals surface area contributed by atoms with Crippen LogP contribution in [0.15, 0.2) is 12.7 Å². The standard InChI is InChI=1S/C16H20N6O3S/c1-9-11-13(17-7-18-15(11)26-12(9)16(23)24)20-10(2)14-21-19-8-22(14)5-4-6-25-3/h7-8,10H,4-6H2,1-3H3,(H,23,24)(H,17,18,20). The Balaban J connectivity index is 1.87. The fourth-order valence-corrected chi connectivity index (χ4v) is 3.79. The van der Waals surface area contributed by atoms with Gasteiger partial charge < -0.3 is 19.7 Å². The molecule has 10 heteroatoms. The van der Waals surface area contributed by atoms with Crippen molar-refractivity contribution >= 4 is 33.3 Å². The van der Waals surface area contributed by atoms with Gasteiger partial charge in [-0.2, -0.15) is 0 Å². The summed E-state index contributed by atoms with van der Waals surface area (Å²) >= 11 is 1.15. The number of rotatable bonds is 8. The molecule has 0 spiro atoms. The molecule has 0 aliphatic rings. The molecule has 0 fully saturated rings. The Morgan fingerprint density at radius 2 is 2.27 bits per heavy atom. The van der Waals surface area contributed by atoms with Crippen LogP contribution in [0.3, 0.4) is 0 Å². The van der Waals surface area contributed by atoms with Gasteiger partial charge in [0, 0.05) is 20.3 Å². The molecule has 9 nitrogen and oxygen atoms in total. The van der Waals surface area contributed by atoms with Crippen molar-refractivity contribution in [1.82, 2.24) is 24.7 Å². The van der Waals surface area contributed by atoms with Crippen molar-refractivity contribution in [3.05, 3.63) is 28.9 Å². The second-order valence-corrected chi connectivity index (χ2v) is 6.86. The van der Waals surface area contributed by atoms with E-state index in [-0.39, 0.29) is 10.9 Å². The number of nitrogens with one attached hydrogen (secondary N) is 1. The number of carboxylic acids is 1. The Bertz CT molecular complexity index is 922. The Labute approximate surface area is 154 Å². The molecule has 0 amide bonds. The third-order valence-corrected chi connectivity index (χ3v) is 5.24. The fraction of sp³-hybridized carbons (Fsp3) is 0.438. The van der Waals surface area contributed by atoms with Crippen molar-refractivity contribution in [2.75, 3.05) is 19.0 Å². The van der Waals surface area contributed by atoms with Crippen LogP contribution in [0.4, 0.5) is 5.82 Å². The average molecular weight is 376 g/mol. The first-order valence-corrected chi connectivity index (χ1v) is 8.95. The molecule has 138 valence electrons. The highest BCUT2D eigenvalue weighted by Gasteiger charge is 2.21.